The first-order valence-electron chi connectivity index (χ1n) is 6.37. The standard InChI is InChI=1S/C14H18N2O3/c1-10-3-2-4-11(7-10)14(19)15-8-13(18)16-6-5-12(17)9-16/h2-4,7,12,17H,5-6,8-9H2,1H3,(H,15,19)/t12-/m0/s1. The maximum absolute atomic E-state index is 11.8. The van der Waals surface area contributed by atoms with E-state index >= 15 is 0 Å². The van der Waals surface area contributed by atoms with E-state index in [1.807, 2.05) is 19.1 Å². The summed E-state index contributed by atoms with van der Waals surface area (Å²) < 4.78 is 0. The molecular weight excluding hydrogens is 244 g/mol. The van der Waals surface area contributed by atoms with Crippen molar-refractivity contribution in [3.05, 3.63) is 35.4 Å². The lowest BCUT2D eigenvalue weighted by molar-refractivity contribution is -0.129. The van der Waals surface area contributed by atoms with Crippen molar-refractivity contribution in [2.45, 2.75) is 19.4 Å². The molecule has 5 nitrogen and oxygen atoms in total. The Hall–Kier alpha value is -1.88. The van der Waals surface area contributed by atoms with Crippen molar-refractivity contribution in [2.75, 3.05) is 19.6 Å². The number of nitrogens with zero attached hydrogens (tertiary/aromatic N) is 1. The molecule has 1 aliphatic rings. The lowest BCUT2D eigenvalue weighted by Crippen LogP contribution is -2.39. The minimum Gasteiger partial charge on any atom is -0.391 e. The number of β-amino-alcohol motifs (C(OH)–C–C–N with tert-alkyl or cyclic N) is 1. The highest BCUT2D eigenvalue weighted by atomic mass is 16.3. The number of hydrogen-bond acceptors (Lipinski definition) is 3. The van der Waals surface area contributed by atoms with Gasteiger partial charge in [-0.25, -0.2) is 0 Å². The fraction of sp³-hybridized carbons (Fsp3) is 0.429. The van der Waals surface area contributed by atoms with Crippen molar-refractivity contribution in [1.82, 2.24) is 10.2 Å². The Balaban J connectivity index is 1.85. The zero-order valence-electron chi connectivity index (χ0n) is 10.9. The quantitative estimate of drug-likeness (QED) is 0.824. The number of amides is 2. The van der Waals surface area contributed by atoms with Crippen LogP contribution in [-0.4, -0.2) is 47.6 Å². The molecule has 2 N–H and O–H groups in total. The second kappa shape index (κ2) is 5.84. The van der Waals surface area contributed by atoms with Gasteiger partial charge >= 0.3 is 0 Å². The smallest absolute Gasteiger partial charge is 0.251 e. The summed E-state index contributed by atoms with van der Waals surface area (Å²) in [6.07, 6.45) is 0.175. The highest BCUT2D eigenvalue weighted by Crippen LogP contribution is 2.08. The molecule has 0 radical (unpaired) electrons. The van der Waals surface area contributed by atoms with Gasteiger partial charge in [-0.1, -0.05) is 17.7 Å². The lowest BCUT2D eigenvalue weighted by Gasteiger charge is -2.15. The summed E-state index contributed by atoms with van der Waals surface area (Å²) in [5.41, 5.74) is 1.55. The van der Waals surface area contributed by atoms with E-state index in [2.05, 4.69) is 5.32 Å². The van der Waals surface area contributed by atoms with E-state index < -0.39 is 6.10 Å². The number of rotatable bonds is 3. The minimum absolute atomic E-state index is 0.0283. The van der Waals surface area contributed by atoms with Crippen molar-refractivity contribution in [3.8, 4) is 0 Å². The van der Waals surface area contributed by atoms with Crippen LogP contribution in [0.3, 0.4) is 0 Å². The van der Waals surface area contributed by atoms with Gasteiger partial charge in [0.15, 0.2) is 0 Å². The van der Waals surface area contributed by atoms with Crippen LogP contribution in [0.4, 0.5) is 0 Å². The van der Waals surface area contributed by atoms with E-state index in [-0.39, 0.29) is 18.4 Å². The second-order valence-electron chi connectivity index (χ2n) is 4.83. The zero-order chi connectivity index (χ0) is 13.8. The summed E-state index contributed by atoms with van der Waals surface area (Å²) >= 11 is 0. The van der Waals surface area contributed by atoms with Gasteiger partial charge in [0.2, 0.25) is 5.91 Å². The van der Waals surface area contributed by atoms with Gasteiger partial charge in [0.05, 0.1) is 12.6 Å². The molecule has 0 aromatic heterocycles. The van der Waals surface area contributed by atoms with Crippen molar-refractivity contribution in [3.63, 3.8) is 0 Å². The molecular formula is C14H18N2O3. The van der Waals surface area contributed by atoms with Gasteiger partial charge in [0, 0.05) is 18.7 Å². The van der Waals surface area contributed by atoms with Crippen LogP contribution in [0, 0.1) is 6.92 Å². The summed E-state index contributed by atoms with van der Waals surface area (Å²) in [5.74, 6) is -0.408. The summed E-state index contributed by atoms with van der Waals surface area (Å²) in [4.78, 5) is 25.2. The number of aliphatic hydroxyl groups is 1. The van der Waals surface area contributed by atoms with Crippen LogP contribution in [0.2, 0.25) is 0 Å². The second-order valence-corrected chi connectivity index (χ2v) is 4.83. The number of aliphatic hydroxyl groups excluding tert-OH is 1. The fourth-order valence-electron chi connectivity index (χ4n) is 2.12. The van der Waals surface area contributed by atoms with Crippen molar-refractivity contribution >= 4 is 11.8 Å². The largest absolute Gasteiger partial charge is 0.391 e. The van der Waals surface area contributed by atoms with Gasteiger partial charge in [0.1, 0.15) is 0 Å². The Labute approximate surface area is 112 Å². The average molecular weight is 262 g/mol. The molecule has 1 fully saturated rings. The maximum atomic E-state index is 11.8. The van der Waals surface area contributed by atoms with Crippen LogP contribution in [0.25, 0.3) is 0 Å². The molecule has 5 heteroatoms. The monoisotopic (exact) mass is 262 g/mol. The predicted molar refractivity (Wildman–Crippen MR) is 70.7 cm³/mol. The third-order valence-corrected chi connectivity index (χ3v) is 3.20. The molecule has 0 spiro atoms. The summed E-state index contributed by atoms with van der Waals surface area (Å²) in [6.45, 7) is 2.80. The van der Waals surface area contributed by atoms with Crippen LogP contribution in [0.15, 0.2) is 24.3 Å². The molecule has 0 aliphatic carbocycles. The zero-order valence-corrected chi connectivity index (χ0v) is 10.9. The number of carbonyl (C=O) groups excluding carboxylic acids is 2. The molecule has 1 saturated heterocycles. The number of likely N-dealkylation sites (tertiary alicyclic amines) is 1. The number of hydrogen-bond donors (Lipinski definition) is 2. The van der Waals surface area contributed by atoms with Crippen LogP contribution in [0.1, 0.15) is 22.3 Å². The summed E-state index contributed by atoms with van der Waals surface area (Å²) in [7, 11) is 0. The first kappa shape index (κ1) is 13.5. The average Bonchev–Trinajstić information content (AvgIpc) is 2.82. The van der Waals surface area contributed by atoms with Crippen LogP contribution >= 0.6 is 0 Å². The van der Waals surface area contributed by atoms with E-state index in [4.69, 9.17) is 0 Å². The molecule has 1 atom stereocenters. The van der Waals surface area contributed by atoms with Crippen molar-refractivity contribution < 1.29 is 14.7 Å². The number of nitrogens with one attached hydrogen (secondary N) is 1. The van der Waals surface area contributed by atoms with Gasteiger partial charge in [-0.3, -0.25) is 9.59 Å². The van der Waals surface area contributed by atoms with Gasteiger partial charge in [-0.05, 0) is 25.5 Å². The first-order chi connectivity index (χ1) is 9.06. The fourth-order valence-corrected chi connectivity index (χ4v) is 2.12. The van der Waals surface area contributed by atoms with E-state index in [0.717, 1.165) is 5.56 Å². The third-order valence-electron chi connectivity index (χ3n) is 3.20. The normalized spacial score (nSPS) is 18.4. The molecule has 102 valence electrons. The topological polar surface area (TPSA) is 69.6 Å². The highest BCUT2D eigenvalue weighted by molar-refractivity contribution is 5.96. The van der Waals surface area contributed by atoms with Crippen LogP contribution in [-0.2, 0) is 4.79 Å². The molecule has 19 heavy (non-hydrogen) atoms. The maximum Gasteiger partial charge on any atom is 0.251 e. The predicted octanol–water partition coefficient (Wildman–Crippen LogP) is 0.318. The third kappa shape index (κ3) is 3.54. The first-order valence-corrected chi connectivity index (χ1v) is 6.37. The molecule has 2 rings (SSSR count). The number of benzene rings is 1. The molecule has 1 aromatic rings. The molecule has 0 saturated carbocycles. The lowest BCUT2D eigenvalue weighted by atomic mass is 10.1. The van der Waals surface area contributed by atoms with Crippen molar-refractivity contribution in [1.29, 1.82) is 0 Å². The molecule has 2 amide bonds. The van der Waals surface area contributed by atoms with E-state index in [0.29, 0.717) is 25.1 Å². The van der Waals surface area contributed by atoms with Crippen LogP contribution in [0.5, 0.6) is 0 Å². The van der Waals surface area contributed by atoms with Gasteiger partial charge < -0.3 is 15.3 Å². The Morgan fingerprint density at radius 2 is 2.26 bits per heavy atom. The molecule has 1 aromatic carbocycles. The van der Waals surface area contributed by atoms with Gasteiger partial charge in [-0.2, -0.15) is 0 Å². The Kier molecular flexibility index (Phi) is 4.16. The number of carbonyl (C=O) groups is 2. The summed E-state index contributed by atoms with van der Waals surface area (Å²) in [6, 6.07) is 7.21. The molecule has 0 bridgehead atoms. The van der Waals surface area contributed by atoms with Crippen molar-refractivity contribution in [2.24, 2.45) is 0 Å². The Morgan fingerprint density at radius 3 is 2.89 bits per heavy atom. The van der Waals surface area contributed by atoms with Crippen LogP contribution < -0.4 is 5.32 Å². The Bertz CT molecular complexity index is 487. The Morgan fingerprint density at radius 1 is 1.47 bits per heavy atom. The van der Waals surface area contributed by atoms with E-state index in [1.165, 1.54) is 0 Å². The van der Waals surface area contributed by atoms with Gasteiger partial charge in [-0.15, -0.1) is 0 Å². The molecule has 1 aliphatic heterocycles. The van der Waals surface area contributed by atoms with E-state index in [1.54, 1.807) is 17.0 Å². The number of aryl methyl sites for hydroxylation is 1. The molecule has 1 heterocycles. The van der Waals surface area contributed by atoms with Gasteiger partial charge in [0.25, 0.3) is 5.91 Å². The van der Waals surface area contributed by atoms with E-state index in [9.17, 15) is 14.7 Å². The minimum atomic E-state index is -0.434. The highest BCUT2D eigenvalue weighted by Gasteiger charge is 2.24. The SMILES string of the molecule is Cc1cccc(C(=O)NCC(=O)N2CC[C@H](O)C2)c1. The molecule has 0 unspecified atom stereocenters. The summed E-state index contributed by atoms with van der Waals surface area (Å²) in [5, 5.41) is 12.0.